The van der Waals surface area contributed by atoms with Crippen LogP contribution < -0.4 is 5.32 Å². The standard InChI is InChI=1S/C15H21BrN2O.ClH/c1-18(11-12-4-2-5-13(16)10-12)15(19)8-7-14-6-3-9-17-14;/h2,4-5,10,14,17H,3,6-9,11H2,1H3;1H. The lowest BCUT2D eigenvalue weighted by Crippen LogP contribution is -2.29. The first-order chi connectivity index (χ1) is 9.15. The Morgan fingerprint density at radius 3 is 2.95 bits per heavy atom. The average molecular weight is 362 g/mol. The number of halogens is 2. The van der Waals surface area contributed by atoms with E-state index in [1.807, 2.05) is 30.1 Å². The minimum atomic E-state index is 0. The van der Waals surface area contributed by atoms with E-state index in [4.69, 9.17) is 0 Å². The second-order valence-corrected chi connectivity index (χ2v) is 6.13. The highest BCUT2D eigenvalue weighted by atomic mass is 79.9. The van der Waals surface area contributed by atoms with Crippen LogP contribution in [0.1, 0.15) is 31.2 Å². The van der Waals surface area contributed by atoms with Crippen LogP contribution >= 0.6 is 28.3 Å². The summed E-state index contributed by atoms with van der Waals surface area (Å²) in [7, 11) is 1.88. The van der Waals surface area contributed by atoms with Gasteiger partial charge in [0.2, 0.25) is 5.91 Å². The van der Waals surface area contributed by atoms with E-state index in [-0.39, 0.29) is 18.3 Å². The Morgan fingerprint density at radius 1 is 1.50 bits per heavy atom. The van der Waals surface area contributed by atoms with Gasteiger partial charge >= 0.3 is 0 Å². The van der Waals surface area contributed by atoms with Crippen LogP contribution in [0.3, 0.4) is 0 Å². The number of rotatable bonds is 5. The van der Waals surface area contributed by atoms with Gasteiger partial charge in [0.15, 0.2) is 0 Å². The fraction of sp³-hybridized carbons (Fsp3) is 0.533. The topological polar surface area (TPSA) is 32.3 Å². The highest BCUT2D eigenvalue weighted by molar-refractivity contribution is 9.10. The van der Waals surface area contributed by atoms with Gasteiger partial charge in [-0.15, -0.1) is 12.4 Å². The molecular formula is C15H22BrClN2O. The predicted octanol–water partition coefficient (Wildman–Crippen LogP) is 3.36. The van der Waals surface area contributed by atoms with Crippen LogP contribution in [0, 0.1) is 0 Å². The van der Waals surface area contributed by atoms with Gasteiger partial charge in [-0.1, -0.05) is 28.1 Å². The van der Waals surface area contributed by atoms with Crippen molar-refractivity contribution >= 4 is 34.2 Å². The average Bonchev–Trinajstić information content (AvgIpc) is 2.89. The molecule has 1 aliphatic rings. The van der Waals surface area contributed by atoms with Crippen LogP contribution in [0.25, 0.3) is 0 Å². The molecule has 0 aliphatic carbocycles. The van der Waals surface area contributed by atoms with Crippen LogP contribution in [-0.2, 0) is 11.3 Å². The molecule has 5 heteroatoms. The van der Waals surface area contributed by atoms with E-state index < -0.39 is 0 Å². The summed E-state index contributed by atoms with van der Waals surface area (Å²) in [6.07, 6.45) is 4.05. The highest BCUT2D eigenvalue weighted by Crippen LogP contribution is 2.15. The third-order valence-electron chi connectivity index (χ3n) is 3.60. The molecule has 112 valence electrons. The molecule has 1 aromatic rings. The number of hydrogen-bond donors (Lipinski definition) is 1. The molecule has 1 unspecified atom stereocenters. The first kappa shape index (κ1) is 17.5. The van der Waals surface area contributed by atoms with Gasteiger partial charge < -0.3 is 10.2 Å². The Kier molecular flexibility index (Phi) is 7.56. The molecule has 0 spiro atoms. The van der Waals surface area contributed by atoms with E-state index >= 15 is 0 Å². The minimum absolute atomic E-state index is 0. The van der Waals surface area contributed by atoms with Crippen molar-refractivity contribution < 1.29 is 4.79 Å². The molecule has 1 fully saturated rings. The first-order valence-electron chi connectivity index (χ1n) is 6.87. The smallest absolute Gasteiger partial charge is 0.222 e. The second kappa shape index (κ2) is 8.65. The second-order valence-electron chi connectivity index (χ2n) is 5.21. The Morgan fingerprint density at radius 2 is 2.30 bits per heavy atom. The van der Waals surface area contributed by atoms with Crippen molar-refractivity contribution in [3.63, 3.8) is 0 Å². The maximum absolute atomic E-state index is 12.1. The molecule has 20 heavy (non-hydrogen) atoms. The van der Waals surface area contributed by atoms with Gasteiger partial charge in [-0.2, -0.15) is 0 Å². The van der Waals surface area contributed by atoms with Crippen LogP contribution in [0.15, 0.2) is 28.7 Å². The number of benzene rings is 1. The molecule has 1 N–H and O–H groups in total. The number of hydrogen-bond acceptors (Lipinski definition) is 2. The van der Waals surface area contributed by atoms with E-state index in [0.29, 0.717) is 19.0 Å². The van der Waals surface area contributed by atoms with Gasteiger partial charge in [-0.25, -0.2) is 0 Å². The minimum Gasteiger partial charge on any atom is -0.341 e. The third kappa shape index (κ3) is 5.43. The van der Waals surface area contributed by atoms with E-state index in [1.165, 1.54) is 12.8 Å². The number of amides is 1. The van der Waals surface area contributed by atoms with Gasteiger partial charge in [-0.3, -0.25) is 4.79 Å². The van der Waals surface area contributed by atoms with E-state index in [2.05, 4.69) is 27.3 Å². The first-order valence-corrected chi connectivity index (χ1v) is 7.66. The van der Waals surface area contributed by atoms with Crippen LogP contribution in [0.4, 0.5) is 0 Å². The summed E-state index contributed by atoms with van der Waals surface area (Å²) in [6.45, 7) is 1.78. The van der Waals surface area contributed by atoms with Gasteiger partial charge in [0.25, 0.3) is 0 Å². The van der Waals surface area contributed by atoms with E-state index in [9.17, 15) is 4.79 Å². The molecule has 2 rings (SSSR count). The molecule has 0 bridgehead atoms. The fourth-order valence-electron chi connectivity index (χ4n) is 2.49. The summed E-state index contributed by atoms with van der Waals surface area (Å²) in [4.78, 5) is 13.9. The molecule has 0 radical (unpaired) electrons. The molecule has 0 aromatic heterocycles. The zero-order valence-corrected chi connectivity index (χ0v) is 14.2. The Bertz CT molecular complexity index is 436. The summed E-state index contributed by atoms with van der Waals surface area (Å²) in [6, 6.07) is 8.65. The Labute approximate surface area is 135 Å². The van der Waals surface area contributed by atoms with E-state index in [0.717, 1.165) is 23.0 Å². The van der Waals surface area contributed by atoms with Crippen molar-refractivity contribution in [3.05, 3.63) is 34.3 Å². The molecule has 1 saturated heterocycles. The monoisotopic (exact) mass is 360 g/mol. The van der Waals surface area contributed by atoms with Crippen LogP contribution in [0.5, 0.6) is 0 Å². The van der Waals surface area contributed by atoms with Crippen LogP contribution in [0.2, 0.25) is 0 Å². The summed E-state index contributed by atoms with van der Waals surface area (Å²) in [5.74, 6) is 0.230. The quantitative estimate of drug-likeness (QED) is 0.872. The maximum Gasteiger partial charge on any atom is 0.222 e. The lowest BCUT2D eigenvalue weighted by molar-refractivity contribution is -0.130. The van der Waals surface area contributed by atoms with Crippen molar-refractivity contribution in [2.24, 2.45) is 0 Å². The molecular weight excluding hydrogens is 340 g/mol. The molecule has 3 nitrogen and oxygen atoms in total. The lowest BCUT2D eigenvalue weighted by Gasteiger charge is -2.18. The SMILES string of the molecule is CN(Cc1cccc(Br)c1)C(=O)CCC1CCCN1.Cl. The highest BCUT2D eigenvalue weighted by Gasteiger charge is 2.17. The normalized spacial score (nSPS) is 17.6. The van der Waals surface area contributed by atoms with E-state index in [1.54, 1.807) is 0 Å². The molecule has 1 amide bonds. The van der Waals surface area contributed by atoms with Crippen molar-refractivity contribution in [2.75, 3.05) is 13.6 Å². The zero-order chi connectivity index (χ0) is 13.7. The summed E-state index contributed by atoms with van der Waals surface area (Å²) < 4.78 is 1.06. The van der Waals surface area contributed by atoms with Gasteiger partial charge in [-0.05, 0) is 43.5 Å². The molecule has 1 aliphatic heterocycles. The Hall–Kier alpha value is -0.580. The molecule has 0 saturated carbocycles. The number of nitrogens with one attached hydrogen (secondary N) is 1. The van der Waals surface area contributed by atoms with Gasteiger partial charge in [0, 0.05) is 30.5 Å². The van der Waals surface area contributed by atoms with Gasteiger partial charge in [0.1, 0.15) is 0 Å². The van der Waals surface area contributed by atoms with Crippen LogP contribution in [-0.4, -0.2) is 30.4 Å². The van der Waals surface area contributed by atoms with Gasteiger partial charge in [0.05, 0.1) is 0 Å². The van der Waals surface area contributed by atoms with Crippen molar-refractivity contribution in [1.82, 2.24) is 10.2 Å². The number of nitrogens with zero attached hydrogens (tertiary/aromatic N) is 1. The summed E-state index contributed by atoms with van der Waals surface area (Å²) in [5.41, 5.74) is 1.16. The zero-order valence-electron chi connectivity index (χ0n) is 11.8. The maximum atomic E-state index is 12.1. The van der Waals surface area contributed by atoms with Crippen molar-refractivity contribution in [2.45, 2.75) is 38.3 Å². The fourth-order valence-corrected chi connectivity index (χ4v) is 2.94. The Balaban J connectivity index is 0.00000200. The number of carbonyl (C=O) groups is 1. The molecule has 1 atom stereocenters. The third-order valence-corrected chi connectivity index (χ3v) is 4.10. The lowest BCUT2D eigenvalue weighted by atomic mass is 10.1. The largest absolute Gasteiger partial charge is 0.341 e. The summed E-state index contributed by atoms with van der Waals surface area (Å²) >= 11 is 3.45. The summed E-state index contributed by atoms with van der Waals surface area (Å²) in [5, 5.41) is 3.43. The number of carbonyl (C=O) groups excluding carboxylic acids is 1. The molecule has 1 heterocycles. The van der Waals surface area contributed by atoms with Crippen molar-refractivity contribution in [3.8, 4) is 0 Å². The molecule has 1 aromatic carbocycles. The van der Waals surface area contributed by atoms with Crippen molar-refractivity contribution in [1.29, 1.82) is 0 Å². The predicted molar refractivity (Wildman–Crippen MR) is 88.1 cm³/mol.